The van der Waals surface area contributed by atoms with E-state index in [1.807, 2.05) is 0 Å². The molecule has 0 radical (unpaired) electrons. The van der Waals surface area contributed by atoms with Crippen LogP contribution in [0.5, 0.6) is 0 Å². The fraction of sp³-hybridized carbons (Fsp3) is 0.143. The predicted molar refractivity (Wildman–Crippen MR) is 80.0 cm³/mol. The molecule has 21 heavy (non-hydrogen) atoms. The summed E-state index contributed by atoms with van der Waals surface area (Å²) in [5.41, 5.74) is 0.840. The average Bonchev–Trinajstić information content (AvgIpc) is 2.35. The van der Waals surface area contributed by atoms with E-state index in [4.69, 9.17) is 0 Å². The Hall–Kier alpha value is -1.31. The highest BCUT2D eigenvalue weighted by Gasteiger charge is 2.12. The van der Waals surface area contributed by atoms with Crippen LogP contribution in [0.15, 0.2) is 46.9 Å². The number of hydrogen-bond acceptors (Lipinski definition) is 2. The minimum atomic E-state index is -3.59. The van der Waals surface area contributed by atoms with Crippen LogP contribution in [0, 0.1) is 11.6 Å². The van der Waals surface area contributed by atoms with Gasteiger partial charge in [-0.25, -0.2) is 21.9 Å². The SMILES string of the molecule is O=S(=O)(Cc1cccc(Br)c1)NCc1cc(F)cc(F)c1. The van der Waals surface area contributed by atoms with Crippen molar-refractivity contribution in [3.63, 3.8) is 0 Å². The Morgan fingerprint density at radius 2 is 1.67 bits per heavy atom. The Bertz CT molecular complexity index is 730. The Labute approximate surface area is 130 Å². The maximum atomic E-state index is 13.0. The van der Waals surface area contributed by atoms with Crippen molar-refractivity contribution in [2.75, 3.05) is 0 Å². The average molecular weight is 376 g/mol. The van der Waals surface area contributed by atoms with E-state index in [1.54, 1.807) is 24.3 Å². The zero-order chi connectivity index (χ0) is 15.5. The van der Waals surface area contributed by atoms with Gasteiger partial charge < -0.3 is 0 Å². The molecule has 2 rings (SSSR count). The molecule has 7 heteroatoms. The Kier molecular flexibility index (Phi) is 5.08. The predicted octanol–water partition coefficient (Wildman–Crippen LogP) is 3.35. The summed E-state index contributed by atoms with van der Waals surface area (Å²) in [5, 5.41) is 0. The van der Waals surface area contributed by atoms with Crippen LogP contribution in [0.2, 0.25) is 0 Å². The van der Waals surface area contributed by atoms with Crippen LogP contribution in [-0.2, 0) is 22.3 Å². The van der Waals surface area contributed by atoms with E-state index in [-0.39, 0.29) is 17.9 Å². The third-order valence-electron chi connectivity index (χ3n) is 2.66. The number of hydrogen-bond donors (Lipinski definition) is 1. The molecule has 0 saturated heterocycles. The first-order valence-electron chi connectivity index (χ1n) is 6.01. The minimum absolute atomic E-state index is 0.162. The van der Waals surface area contributed by atoms with E-state index in [2.05, 4.69) is 20.7 Å². The normalized spacial score (nSPS) is 11.6. The molecule has 0 bridgehead atoms. The van der Waals surface area contributed by atoms with Crippen molar-refractivity contribution in [1.29, 1.82) is 0 Å². The summed E-state index contributed by atoms with van der Waals surface area (Å²) in [5.74, 6) is -1.68. The molecule has 3 nitrogen and oxygen atoms in total. The van der Waals surface area contributed by atoms with E-state index in [0.717, 1.165) is 22.7 Å². The molecule has 0 aromatic heterocycles. The molecule has 0 fully saturated rings. The van der Waals surface area contributed by atoms with Crippen molar-refractivity contribution in [2.45, 2.75) is 12.3 Å². The van der Waals surface area contributed by atoms with Crippen LogP contribution >= 0.6 is 15.9 Å². The zero-order valence-corrected chi connectivity index (χ0v) is 13.2. The van der Waals surface area contributed by atoms with Crippen LogP contribution in [-0.4, -0.2) is 8.42 Å². The van der Waals surface area contributed by atoms with Gasteiger partial charge in [0.25, 0.3) is 0 Å². The topological polar surface area (TPSA) is 46.2 Å². The first kappa shape index (κ1) is 16.1. The monoisotopic (exact) mass is 375 g/mol. The molecule has 0 aliphatic heterocycles. The van der Waals surface area contributed by atoms with E-state index < -0.39 is 21.7 Å². The van der Waals surface area contributed by atoms with Crippen molar-refractivity contribution in [2.24, 2.45) is 0 Å². The quantitative estimate of drug-likeness (QED) is 0.870. The molecule has 0 atom stereocenters. The van der Waals surface area contributed by atoms with Gasteiger partial charge in [-0.1, -0.05) is 28.1 Å². The summed E-state index contributed by atoms with van der Waals surface area (Å²) in [7, 11) is -3.59. The number of sulfonamides is 1. The number of halogens is 3. The number of rotatable bonds is 5. The molecule has 0 spiro atoms. The summed E-state index contributed by atoms with van der Waals surface area (Å²) >= 11 is 3.26. The maximum absolute atomic E-state index is 13.0. The molecule has 0 heterocycles. The van der Waals surface area contributed by atoms with Crippen LogP contribution in [0.1, 0.15) is 11.1 Å². The molecule has 112 valence electrons. The fourth-order valence-corrected chi connectivity index (χ4v) is 3.36. The van der Waals surface area contributed by atoms with Crippen LogP contribution < -0.4 is 4.72 Å². The third-order valence-corrected chi connectivity index (χ3v) is 4.46. The van der Waals surface area contributed by atoms with Gasteiger partial charge in [0.2, 0.25) is 10.0 Å². The van der Waals surface area contributed by atoms with Gasteiger partial charge in [-0.3, -0.25) is 0 Å². The standard InChI is InChI=1S/C14H12BrF2NO2S/c15-12-3-1-2-10(4-12)9-21(19,20)18-8-11-5-13(16)7-14(17)6-11/h1-7,18H,8-9H2. The van der Waals surface area contributed by atoms with Gasteiger partial charge in [0.1, 0.15) is 11.6 Å². The van der Waals surface area contributed by atoms with Crippen molar-refractivity contribution in [3.05, 3.63) is 69.7 Å². The van der Waals surface area contributed by atoms with Gasteiger partial charge in [-0.15, -0.1) is 0 Å². The van der Waals surface area contributed by atoms with Gasteiger partial charge in [-0.2, -0.15) is 0 Å². The maximum Gasteiger partial charge on any atom is 0.216 e. The Balaban J connectivity index is 2.04. The molecule has 0 saturated carbocycles. The summed E-state index contributed by atoms with van der Waals surface area (Å²) in [4.78, 5) is 0. The van der Waals surface area contributed by atoms with E-state index in [1.165, 1.54) is 0 Å². The lowest BCUT2D eigenvalue weighted by atomic mass is 10.2. The molecule has 0 aliphatic rings. The van der Waals surface area contributed by atoms with Crippen molar-refractivity contribution in [1.82, 2.24) is 4.72 Å². The molecule has 1 N–H and O–H groups in total. The van der Waals surface area contributed by atoms with E-state index in [9.17, 15) is 17.2 Å². The number of benzene rings is 2. The largest absolute Gasteiger partial charge is 0.216 e. The van der Waals surface area contributed by atoms with Crippen molar-refractivity contribution >= 4 is 26.0 Å². The van der Waals surface area contributed by atoms with Crippen molar-refractivity contribution in [3.8, 4) is 0 Å². The smallest absolute Gasteiger partial charge is 0.212 e. The summed E-state index contributed by atoms with van der Waals surface area (Å²) in [6.45, 7) is -0.162. The third kappa shape index (κ3) is 5.18. The highest BCUT2D eigenvalue weighted by Crippen LogP contribution is 2.14. The Morgan fingerprint density at radius 1 is 1.00 bits per heavy atom. The Morgan fingerprint density at radius 3 is 2.29 bits per heavy atom. The second-order valence-electron chi connectivity index (χ2n) is 4.49. The molecule has 2 aromatic carbocycles. The van der Waals surface area contributed by atoms with Crippen molar-refractivity contribution < 1.29 is 17.2 Å². The van der Waals surface area contributed by atoms with Gasteiger partial charge in [0.05, 0.1) is 5.75 Å². The van der Waals surface area contributed by atoms with E-state index >= 15 is 0 Å². The first-order valence-corrected chi connectivity index (χ1v) is 8.45. The van der Waals surface area contributed by atoms with Crippen LogP contribution in [0.3, 0.4) is 0 Å². The van der Waals surface area contributed by atoms with Gasteiger partial charge >= 0.3 is 0 Å². The molecular weight excluding hydrogens is 364 g/mol. The second kappa shape index (κ2) is 6.64. The van der Waals surface area contributed by atoms with E-state index in [0.29, 0.717) is 5.56 Å². The molecule has 0 aliphatic carbocycles. The summed E-state index contributed by atoms with van der Waals surface area (Å²) in [6.07, 6.45) is 0. The lowest BCUT2D eigenvalue weighted by molar-refractivity contribution is 0.570. The molecular formula is C14H12BrF2NO2S. The molecule has 0 amide bonds. The molecule has 2 aromatic rings. The highest BCUT2D eigenvalue weighted by atomic mass is 79.9. The van der Waals surface area contributed by atoms with Gasteiger partial charge in [-0.05, 0) is 35.4 Å². The lowest BCUT2D eigenvalue weighted by Crippen LogP contribution is -2.24. The van der Waals surface area contributed by atoms with Gasteiger partial charge in [0.15, 0.2) is 0 Å². The van der Waals surface area contributed by atoms with Crippen LogP contribution in [0.4, 0.5) is 8.78 Å². The summed E-state index contributed by atoms with van der Waals surface area (Å²) in [6, 6.07) is 9.82. The fourth-order valence-electron chi connectivity index (χ4n) is 1.80. The zero-order valence-electron chi connectivity index (χ0n) is 10.8. The van der Waals surface area contributed by atoms with Crippen LogP contribution in [0.25, 0.3) is 0 Å². The second-order valence-corrected chi connectivity index (χ2v) is 7.21. The highest BCUT2D eigenvalue weighted by molar-refractivity contribution is 9.10. The summed E-state index contributed by atoms with van der Waals surface area (Å²) < 4.78 is 53.0. The lowest BCUT2D eigenvalue weighted by Gasteiger charge is -2.07. The minimum Gasteiger partial charge on any atom is -0.212 e. The molecule has 0 unspecified atom stereocenters. The first-order chi connectivity index (χ1) is 9.84. The number of nitrogens with one attached hydrogen (secondary N) is 1. The van der Waals surface area contributed by atoms with Gasteiger partial charge in [0, 0.05) is 17.1 Å².